The number of alkyl carbamates (subject to hydrolysis) is 1. The Balaban J connectivity index is 1.82. The van der Waals surface area contributed by atoms with Crippen LogP contribution in [0, 0.1) is 24.4 Å². The Kier molecular flexibility index (Phi) is 7.38. The lowest BCUT2D eigenvalue weighted by Gasteiger charge is -2.19. The summed E-state index contributed by atoms with van der Waals surface area (Å²) in [4.78, 5) is 33.5. The van der Waals surface area contributed by atoms with Gasteiger partial charge in [0.2, 0.25) is 0 Å². The lowest BCUT2D eigenvalue weighted by atomic mass is 10.0. The van der Waals surface area contributed by atoms with Crippen LogP contribution in [0.5, 0.6) is 6.01 Å². The Morgan fingerprint density at radius 3 is 2.39 bits per heavy atom. The van der Waals surface area contributed by atoms with Crippen LogP contribution in [0.3, 0.4) is 0 Å². The molecule has 0 saturated heterocycles. The number of fused-ring (bicyclic) bond motifs is 1. The molecule has 38 heavy (non-hydrogen) atoms. The summed E-state index contributed by atoms with van der Waals surface area (Å²) in [6.45, 7) is 6.79. The molecule has 0 fully saturated rings. The van der Waals surface area contributed by atoms with Gasteiger partial charge in [-0.3, -0.25) is 9.36 Å². The quantitative estimate of drug-likeness (QED) is 0.352. The number of carbonyl (C=O) groups excluding carboxylic acids is 1. The Morgan fingerprint density at radius 1 is 1.03 bits per heavy atom. The highest BCUT2D eigenvalue weighted by atomic mass is 19.1. The second kappa shape index (κ2) is 10.5. The lowest BCUT2D eigenvalue weighted by molar-refractivity contribution is 0.0519. The van der Waals surface area contributed by atoms with Crippen LogP contribution >= 0.6 is 0 Å². The Bertz CT molecular complexity index is 1560. The van der Waals surface area contributed by atoms with Crippen molar-refractivity contribution in [1.82, 2.24) is 19.9 Å². The molecule has 0 aliphatic heterocycles. The van der Waals surface area contributed by atoms with Gasteiger partial charge in [0.05, 0.1) is 12.2 Å². The zero-order chi connectivity index (χ0) is 27.6. The molecule has 2 aromatic carbocycles. The monoisotopic (exact) mass is 526 g/mol. The molecule has 4 rings (SSSR count). The van der Waals surface area contributed by atoms with E-state index in [9.17, 15) is 22.8 Å². The molecule has 0 radical (unpaired) electrons. The molecule has 1 amide bonds. The number of hydrogen-bond acceptors (Lipinski definition) is 6. The second-order valence-electron chi connectivity index (χ2n) is 9.41. The average Bonchev–Trinajstić information content (AvgIpc) is 2.81. The average molecular weight is 527 g/mol. The minimum absolute atomic E-state index is 0.0325. The number of para-hydroxylation sites is 1. The number of halogens is 3. The maximum absolute atomic E-state index is 14.8. The predicted octanol–water partition coefficient (Wildman–Crippen LogP) is 5.08. The Labute approximate surface area is 216 Å². The van der Waals surface area contributed by atoms with Gasteiger partial charge < -0.3 is 14.8 Å². The first-order chi connectivity index (χ1) is 17.9. The fourth-order valence-electron chi connectivity index (χ4n) is 3.79. The highest BCUT2D eigenvalue weighted by Gasteiger charge is 2.21. The first-order valence-electron chi connectivity index (χ1n) is 11.7. The molecular formula is C27H25F3N4O4. The maximum Gasteiger partial charge on any atom is 0.407 e. The van der Waals surface area contributed by atoms with Crippen molar-refractivity contribution in [2.75, 3.05) is 13.2 Å². The van der Waals surface area contributed by atoms with Gasteiger partial charge in [0, 0.05) is 17.0 Å². The van der Waals surface area contributed by atoms with Crippen molar-refractivity contribution >= 4 is 17.1 Å². The number of nitrogens with zero attached hydrogens (tertiary/aromatic N) is 3. The van der Waals surface area contributed by atoms with Gasteiger partial charge in [-0.1, -0.05) is 6.07 Å². The topological polar surface area (TPSA) is 95.3 Å². The summed E-state index contributed by atoms with van der Waals surface area (Å²) in [5, 5.41) is 2.81. The molecule has 0 aliphatic carbocycles. The van der Waals surface area contributed by atoms with Crippen LogP contribution in [0.4, 0.5) is 18.0 Å². The first-order valence-corrected chi connectivity index (χ1v) is 11.7. The van der Waals surface area contributed by atoms with E-state index in [4.69, 9.17) is 9.47 Å². The van der Waals surface area contributed by atoms with Gasteiger partial charge in [-0.2, -0.15) is 9.97 Å². The van der Waals surface area contributed by atoms with Crippen LogP contribution in [0.2, 0.25) is 0 Å². The van der Waals surface area contributed by atoms with E-state index in [2.05, 4.69) is 15.3 Å². The number of carbonyl (C=O) groups is 1. The second-order valence-corrected chi connectivity index (χ2v) is 9.41. The molecule has 0 aliphatic rings. The van der Waals surface area contributed by atoms with Crippen molar-refractivity contribution in [1.29, 1.82) is 0 Å². The molecular weight excluding hydrogens is 501 g/mol. The van der Waals surface area contributed by atoms with Crippen LogP contribution in [-0.2, 0) is 4.74 Å². The summed E-state index contributed by atoms with van der Waals surface area (Å²) in [6, 6.07) is 9.63. The fourth-order valence-corrected chi connectivity index (χ4v) is 3.79. The molecule has 2 heterocycles. The molecule has 11 heteroatoms. The van der Waals surface area contributed by atoms with E-state index >= 15 is 0 Å². The van der Waals surface area contributed by atoms with E-state index in [-0.39, 0.29) is 35.9 Å². The van der Waals surface area contributed by atoms with Crippen molar-refractivity contribution in [3.05, 3.63) is 81.9 Å². The van der Waals surface area contributed by atoms with Crippen LogP contribution in [0.25, 0.3) is 28.0 Å². The lowest BCUT2D eigenvalue weighted by Crippen LogP contribution is -2.34. The highest BCUT2D eigenvalue weighted by Crippen LogP contribution is 2.31. The van der Waals surface area contributed by atoms with Crippen molar-refractivity contribution < 1.29 is 27.4 Å². The molecule has 4 aromatic rings. The van der Waals surface area contributed by atoms with E-state index in [0.29, 0.717) is 11.1 Å². The number of aromatic nitrogens is 3. The summed E-state index contributed by atoms with van der Waals surface area (Å²) >= 11 is 0. The van der Waals surface area contributed by atoms with Crippen molar-refractivity contribution in [2.45, 2.75) is 33.3 Å². The number of nitrogens with one attached hydrogen (secondary N) is 1. The Morgan fingerprint density at radius 2 is 1.74 bits per heavy atom. The smallest absolute Gasteiger partial charge is 0.407 e. The Hall–Kier alpha value is -4.41. The first kappa shape index (κ1) is 26.6. The van der Waals surface area contributed by atoms with Gasteiger partial charge in [0.1, 0.15) is 35.3 Å². The molecule has 0 atom stereocenters. The van der Waals surface area contributed by atoms with Crippen molar-refractivity contribution in [3.8, 4) is 23.0 Å². The van der Waals surface area contributed by atoms with Crippen LogP contribution in [-0.4, -0.2) is 39.4 Å². The van der Waals surface area contributed by atoms with Gasteiger partial charge in [0.25, 0.3) is 5.56 Å². The molecule has 0 bridgehead atoms. The molecule has 0 spiro atoms. The number of hydrogen-bond donors (Lipinski definition) is 1. The number of amides is 1. The third-order valence-corrected chi connectivity index (χ3v) is 5.34. The van der Waals surface area contributed by atoms with Crippen LogP contribution < -0.4 is 15.6 Å². The van der Waals surface area contributed by atoms with Gasteiger partial charge in [0.15, 0.2) is 5.65 Å². The molecule has 1 N–H and O–H groups in total. The third kappa shape index (κ3) is 5.77. The van der Waals surface area contributed by atoms with Crippen molar-refractivity contribution in [2.24, 2.45) is 0 Å². The summed E-state index contributed by atoms with van der Waals surface area (Å²) in [5.74, 6) is -2.40. The molecule has 8 nitrogen and oxygen atoms in total. The molecule has 198 valence electrons. The van der Waals surface area contributed by atoms with Crippen LogP contribution in [0.15, 0.2) is 53.3 Å². The summed E-state index contributed by atoms with van der Waals surface area (Å²) in [5.41, 5.74) is -0.869. The number of pyridine rings is 1. The fraction of sp³-hybridized carbons (Fsp3) is 0.259. The molecule has 0 unspecified atom stereocenters. The summed E-state index contributed by atoms with van der Waals surface area (Å²) in [6.07, 6.45) is -0.646. The normalized spacial score (nSPS) is 11.4. The zero-order valence-electron chi connectivity index (χ0n) is 21.1. The standard InChI is InChI=1S/C27H25F3N4O4/c1-15-14-16(28)8-9-17(15)22-18-10-11-21(35)34(23-19(29)6-5-7-20(23)30)24(18)33-25(32-22)37-13-12-31-26(36)38-27(2,3)4/h5-11,14H,12-13H2,1-4H3,(H,31,36). The number of aryl methyl sites for hydroxylation is 1. The zero-order valence-corrected chi connectivity index (χ0v) is 21.1. The maximum atomic E-state index is 14.8. The third-order valence-electron chi connectivity index (χ3n) is 5.34. The summed E-state index contributed by atoms with van der Waals surface area (Å²) in [7, 11) is 0. The van der Waals surface area contributed by atoms with E-state index in [1.807, 2.05) is 0 Å². The molecule has 2 aromatic heterocycles. The summed E-state index contributed by atoms with van der Waals surface area (Å²) < 4.78 is 54.9. The van der Waals surface area contributed by atoms with Crippen LogP contribution in [0.1, 0.15) is 26.3 Å². The number of benzene rings is 2. The molecule has 0 saturated carbocycles. The van der Waals surface area contributed by atoms with E-state index in [1.54, 1.807) is 27.7 Å². The largest absolute Gasteiger partial charge is 0.462 e. The van der Waals surface area contributed by atoms with E-state index in [0.717, 1.165) is 22.8 Å². The predicted molar refractivity (Wildman–Crippen MR) is 135 cm³/mol. The number of rotatable bonds is 6. The SMILES string of the molecule is Cc1cc(F)ccc1-c1nc(OCCNC(=O)OC(C)(C)C)nc2c1ccc(=O)n2-c1c(F)cccc1F. The van der Waals surface area contributed by atoms with Gasteiger partial charge >= 0.3 is 12.1 Å². The van der Waals surface area contributed by atoms with Gasteiger partial charge in [-0.25, -0.2) is 18.0 Å². The van der Waals surface area contributed by atoms with Crippen molar-refractivity contribution in [3.63, 3.8) is 0 Å². The van der Waals surface area contributed by atoms with E-state index < -0.39 is 40.4 Å². The van der Waals surface area contributed by atoms with E-state index in [1.165, 1.54) is 30.3 Å². The van der Waals surface area contributed by atoms with Gasteiger partial charge in [-0.15, -0.1) is 0 Å². The van der Waals surface area contributed by atoms with Gasteiger partial charge in [-0.05, 0) is 69.7 Å². The minimum Gasteiger partial charge on any atom is -0.462 e. The number of ether oxygens (including phenoxy) is 2. The highest BCUT2D eigenvalue weighted by molar-refractivity contribution is 5.92. The minimum atomic E-state index is -0.971.